The number of imidazole rings is 2. The largest absolute Gasteiger partial charge is 0.315 e. The van der Waals surface area contributed by atoms with Crippen molar-refractivity contribution in [1.82, 2.24) is 23.9 Å². The molecule has 0 unspecified atom stereocenters. The highest BCUT2D eigenvalue weighted by atomic mass is 15.1. The zero-order valence-electron chi connectivity index (χ0n) is 19.1. The molecule has 0 amide bonds. The molecule has 0 saturated heterocycles. The smallest absolute Gasteiger partial charge is 0.167 e. The van der Waals surface area contributed by atoms with Gasteiger partial charge in [0.15, 0.2) is 16.8 Å². The van der Waals surface area contributed by atoms with E-state index in [4.69, 9.17) is 0 Å². The maximum absolute atomic E-state index is 4.56. The summed E-state index contributed by atoms with van der Waals surface area (Å²) in [5.41, 5.74) is 2.75. The van der Waals surface area contributed by atoms with Crippen molar-refractivity contribution >= 4 is 16.8 Å². The van der Waals surface area contributed by atoms with Crippen LogP contribution in [0.2, 0.25) is 0 Å². The van der Waals surface area contributed by atoms with Gasteiger partial charge in [-0.3, -0.25) is 4.40 Å². The van der Waals surface area contributed by atoms with Crippen molar-refractivity contribution in [3.63, 3.8) is 0 Å². The van der Waals surface area contributed by atoms with Gasteiger partial charge in [-0.2, -0.15) is 0 Å². The van der Waals surface area contributed by atoms with Gasteiger partial charge < -0.3 is 4.57 Å². The Hall–Kier alpha value is -1.91. The van der Waals surface area contributed by atoms with Crippen LogP contribution in [0.1, 0.15) is 110 Å². The van der Waals surface area contributed by atoms with Gasteiger partial charge in [-0.1, -0.05) is 103 Å². The molecule has 3 aromatic heterocycles. The predicted molar refractivity (Wildman–Crippen MR) is 126 cm³/mol. The van der Waals surface area contributed by atoms with E-state index in [-0.39, 0.29) is 0 Å². The average molecular weight is 412 g/mol. The Kier molecular flexibility index (Phi) is 10.2. The molecule has 0 N–H and O–H groups in total. The molecule has 5 nitrogen and oxygen atoms in total. The highest BCUT2D eigenvalue weighted by molar-refractivity contribution is 5.85. The first-order chi connectivity index (χ1) is 14.9. The number of hydrogen-bond acceptors (Lipinski definition) is 3. The third kappa shape index (κ3) is 7.10. The molecule has 0 aliphatic heterocycles. The van der Waals surface area contributed by atoms with Crippen LogP contribution in [0.5, 0.6) is 0 Å². The monoisotopic (exact) mass is 411 g/mol. The van der Waals surface area contributed by atoms with Crippen molar-refractivity contribution in [3.05, 3.63) is 25.0 Å². The minimum Gasteiger partial charge on any atom is -0.315 e. The van der Waals surface area contributed by atoms with E-state index in [9.17, 15) is 0 Å². The summed E-state index contributed by atoms with van der Waals surface area (Å²) < 4.78 is 4.10. The molecule has 3 rings (SSSR count). The van der Waals surface area contributed by atoms with Gasteiger partial charge in [0, 0.05) is 18.9 Å². The van der Waals surface area contributed by atoms with Gasteiger partial charge in [0.2, 0.25) is 0 Å². The Morgan fingerprint density at radius 1 is 0.600 bits per heavy atom. The molecule has 30 heavy (non-hydrogen) atoms. The lowest BCUT2D eigenvalue weighted by Gasteiger charge is -2.05. The standard InChI is InChI=1S/C25H41N5/c1-2-3-4-5-6-7-8-9-10-11-12-13-14-15-16-17-19-29-21-27-23-24-26-18-20-30(24)22-28-25(23)29/h18,20-22H,2-17,19H2,1H3. The second kappa shape index (κ2) is 13.4. The Balaban J connectivity index is 1.15. The van der Waals surface area contributed by atoms with E-state index in [0.29, 0.717) is 0 Å². The molecule has 0 aromatic carbocycles. The fraction of sp³-hybridized carbons (Fsp3) is 0.720. The molecule has 0 aliphatic carbocycles. The summed E-state index contributed by atoms with van der Waals surface area (Å²) in [4.78, 5) is 13.5. The van der Waals surface area contributed by atoms with Crippen LogP contribution < -0.4 is 0 Å². The van der Waals surface area contributed by atoms with Gasteiger partial charge in [-0.05, 0) is 6.42 Å². The first kappa shape index (κ1) is 22.8. The lowest BCUT2D eigenvalue weighted by Crippen LogP contribution is -1.98. The van der Waals surface area contributed by atoms with Gasteiger partial charge >= 0.3 is 0 Å². The summed E-state index contributed by atoms with van der Waals surface area (Å²) in [6.45, 7) is 3.29. The van der Waals surface area contributed by atoms with Crippen LogP contribution in [-0.4, -0.2) is 23.9 Å². The van der Waals surface area contributed by atoms with Crippen molar-refractivity contribution < 1.29 is 0 Å². The molecule has 0 aliphatic rings. The Labute approximate surface area is 182 Å². The van der Waals surface area contributed by atoms with Crippen LogP contribution in [0.4, 0.5) is 0 Å². The Bertz CT molecular complexity index is 834. The molecule has 0 bridgehead atoms. The van der Waals surface area contributed by atoms with E-state index < -0.39 is 0 Å². The van der Waals surface area contributed by atoms with E-state index in [1.54, 1.807) is 6.20 Å². The summed E-state index contributed by atoms with van der Waals surface area (Å²) in [5, 5.41) is 0. The molecule has 0 atom stereocenters. The number of rotatable bonds is 17. The van der Waals surface area contributed by atoms with Crippen LogP contribution in [0.15, 0.2) is 25.0 Å². The number of aromatic nitrogens is 5. The highest BCUT2D eigenvalue weighted by Gasteiger charge is 2.08. The predicted octanol–water partition coefficient (Wildman–Crippen LogP) is 7.34. The molecule has 3 aromatic rings. The van der Waals surface area contributed by atoms with E-state index in [1.807, 2.05) is 23.3 Å². The number of fused-ring (bicyclic) bond motifs is 3. The van der Waals surface area contributed by atoms with Crippen LogP contribution in [0.25, 0.3) is 16.8 Å². The molecule has 3 heterocycles. The Morgan fingerprint density at radius 2 is 1.17 bits per heavy atom. The van der Waals surface area contributed by atoms with E-state index >= 15 is 0 Å². The summed E-state index contributed by atoms with van der Waals surface area (Å²) in [6, 6.07) is 0. The van der Waals surface area contributed by atoms with Crippen molar-refractivity contribution in [2.45, 2.75) is 116 Å². The van der Waals surface area contributed by atoms with Gasteiger partial charge in [0.25, 0.3) is 0 Å². The lowest BCUT2D eigenvalue weighted by atomic mass is 10.0. The quantitative estimate of drug-likeness (QED) is 0.218. The normalized spacial score (nSPS) is 11.8. The van der Waals surface area contributed by atoms with Crippen molar-refractivity contribution in [1.29, 1.82) is 0 Å². The SMILES string of the molecule is CCCCCCCCCCCCCCCCCCn1cnc2c1ncn1ccnc21. The fourth-order valence-electron chi connectivity index (χ4n) is 4.37. The summed E-state index contributed by atoms with van der Waals surface area (Å²) in [7, 11) is 0. The topological polar surface area (TPSA) is 48.0 Å². The summed E-state index contributed by atoms with van der Waals surface area (Å²) in [5.74, 6) is 0. The van der Waals surface area contributed by atoms with Crippen LogP contribution in [0.3, 0.4) is 0 Å². The second-order valence-electron chi connectivity index (χ2n) is 8.82. The minimum absolute atomic E-state index is 0.894. The van der Waals surface area contributed by atoms with E-state index in [1.165, 1.54) is 103 Å². The minimum atomic E-state index is 0.894. The number of nitrogens with zero attached hydrogens (tertiary/aromatic N) is 5. The van der Waals surface area contributed by atoms with E-state index in [0.717, 1.165) is 23.4 Å². The average Bonchev–Trinajstić information content (AvgIpc) is 3.40. The molecule has 0 spiro atoms. The van der Waals surface area contributed by atoms with Gasteiger partial charge in [0.05, 0.1) is 6.33 Å². The Morgan fingerprint density at radius 3 is 1.77 bits per heavy atom. The van der Waals surface area contributed by atoms with Crippen LogP contribution in [-0.2, 0) is 6.54 Å². The first-order valence-electron chi connectivity index (χ1n) is 12.5. The summed E-state index contributed by atoms with van der Waals surface area (Å²) >= 11 is 0. The summed E-state index contributed by atoms with van der Waals surface area (Å²) in [6.07, 6.45) is 29.9. The molecule has 5 heteroatoms. The van der Waals surface area contributed by atoms with Crippen molar-refractivity contribution in [2.24, 2.45) is 0 Å². The van der Waals surface area contributed by atoms with Crippen molar-refractivity contribution in [3.8, 4) is 0 Å². The molecular formula is C25H41N5. The molecular weight excluding hydrogens is 370 g/mol. The number of hydrogen-bond donors (Lipinski definition) is 0. The van der Waals surface area contributed by atoms with E-state index in [2.05, 4.69) is 26.4 Å². The molecule has 0 saturated carbocycles. The molecule has 0 fully saturated rings. The maximum Gasteiger partial charge on any atom is 0.167 e. The van der Waals surface area contributed by atoms with Crippen LogP contribution >= 0.6 is 0 Å². The third-order valence-corrected chi connectivity index (χ3v) is 6.25. The number of unbranched alkanes of at least 4 members (excludes halogenated alkanes) is 15. The van der Waals surface area contributed by atoms with Gasteiger partial charge in [0.1, 0.15) is 6.33 Å². The second-order valence-corrected chi connectivity index (χ2v) is 8.82. The fourth-order valence-corrected chi connectivity index (χ4v) is 4.37. The zero-order chi connectivity index (χ0) is 20.9. The highest BCUT2D eigenvalue weighted by Crippen LogP contribution is 2.17. The van der Waals surface area contributed by atoms with Crippen LogP contribution in [0, 0.1) is 0 Å². The zero-order valence-corrected chi connectivity index (χ0v) is 19.1. The maximum atomic E-state index is 4.56. The van der Waals surface area contributed by atoms with Crippen molar-refractivity contribution in [2.75, 3.05) is 0 Å². The first-order valence-corrected chi connectivity index (χ1v) is 12.5. The van der Waals surface area contributed by atoms with Gasteiger partial charge in [-0.15, -0.1) is 0 Å². The molecule has 0 radical (unpaired) electrons. The third-order valence-electron chi connectivity index (χ3n) is 6.25. The number of aryl methyl sites for hydroxylation is 1. The molecule has 166 valence electrons. The lowest BCUT2D eigenvalue weighted by molar-refractivity contribution is 0.522. The van der Waals surface area contributed by atoms with Gasteiger partial charge in [-0.25, -0.2) is 15.0 Å².